The fourth-order valence-electron chi connectivity index (χ4n) is 3.44. The number of hydrogen-bond acceptors (Lipinski definition) is 4. The molecule has 2 aliphatic carbocycles. The first-order valence-electron chi connectivity index (χ1n) is 7.10. The lowest BCUT2D eigenvalue weighted by molar-refractivity contribution is -0.528. The summed E-state index contributed by atoms with van der Waals surface area (Å²) in [6.07, 6.45) is 5.51. The summed E-state index contributed by atoms with van der Waals surface area (Å²) in [6.45, 7) is 0. The molecule has 108 valence electrons. The van der Waals surface area contributed by atoms with Gasteiger partial charge in [0.25, 0.3) is 11.6 Å². The third-order valence-electron chi connectivity index (χ3n) is 4.46. The number of nitro groups is 1. The topological polar surface area (TPSA) is 98.0 Å². The second kappa shape index (κ2) is 4.88. The molecule has 0 saturated heterocycles. The summed E-state index contributed by atoms with van der Waals surface area (Å²) in [4.78, 5) is 37.7. The van der Waals surface area contributed by atoms with E-state index in [1.807, 2.05) is 0 Å². The molecule has 3 rings (SSSR count). The molecule has 1 N–H and O–H groups in total. The molecule has 7 heteroatoms. The van der Waals surface area contributed by atoms with Gasteiger partial charge >= 0.3 is 5.69 Å². The van der Waals surface area contributed by atoms with E-state index in [2.05, 4.69) is 4.98 Å². The van der Waals surface area contributed by atoms with Crippen LogP contribution in [0.25, 0.3) is 0 Å². The van der Waals surface area contributed by atoms with Crippen molar-refractivity contribution in [2.24, 2.45) is 0 Å². The van der Waals surface area contributed by atoms with Gasteiger partial charge in [0, 0.05) is 22.9 Å². The Morgan fingerprint density at radius 2 is 1.85 bits per heavy atom. The van der Waals surface area contributed by atoms with Crippen LogP contribution in [0.15, 0.2) is 9.59 Å². The first kappa shape index (κ1) is 13.1. The average Bonchev–Trinajstić information content (AvgIpc) is 2.84. The lowest BCUT2D eigenvalue weighted by Crippen LogP contribution is -2.41. The molecule has 1 saturated carbocycles. The first-order chi connectivity index (χ1) is 9.59. The van der Waals surface area contributed by atoms with E-state index in [-0.39, 0.29) is 17.3 Å². The van der Waals surface area contributed by atoms with Gasteiger partial charge < -0.3 is 4.98 Å². The van der Waals surface area contributed by atoms with Crippen LogP contribution in [0.4, 0.5) is 0 Å². The minimum Gasteiger partial charge on any atom is -0.304 e. The van der Waals surface area contributed by atoms with Gasteiger partial charge in [-0.05, 0) is 19.3 Å². The molecule has 0 amide bonds. The van der Waals surface area contributed by atoms with Gasteiger partial charge in [0.05, 0.1) is 0 Å². The van der Waals surface area contributed by atoms with Crippen LogP contribution < -0.4 is 11.2 Å². The zero-order valence-electron chi connectivity index (χ0n) is 11.1. The van der Waals surface area contributed by atoms with Crippen LogP contribution in [0.3, 0.4) is 0 Å². The van der Waals surface area contributed by atoms with E-state index in [9.17, 15) is 19.7 Å². The molecule has 7 nitrogen and oxygen atoms in total. The van der Waals surface area contributed by atoms with Gasteiger partial charge in [-0.3, -0.25) is 19.5 Å². The Labute approximate surface area is 114 Å². The van der Waals surface area contributed by atoms with Crippen molar-refractivity contribution in [3.63, 3.8) is 0 Å². The fourth-order valence-corrected chi connectivity index (χ4v) is 3.44. The smallest absolute Gasteiger partial charge is 0.304 e. The first-order valence-corrected chi connectivity index (χ1v) is 7.10. The lowest BCUT2D eigenvalue weighted by atomic mass is 9.95. The predicted molar refractivity (Wildman–Crippen MR) is 71.5 cm³/mol. The highest BCUT2D eigenvalue weighted by Crippen LogP contribution is 2.30. The largest absolute Gasteiger partial charge is 0.329 e. The van der Waals surface area contributed by atoms with Gasteiger partial charge in [-0.2, -0.15) is 0 Å². The number of aromatic nitrogens is 2. The van der Waals surface area contributed by atoms with Crippen molar-refractivity contribution in [1.29, 1.82) is 0 Å². The van der Waals surface area contributed by atoms with Crippen LogP contribution in [0.5, 0.6) is 0 Å². The molecular formula is C13H17N3O4. The van der Waals surface area contributed by atoms with Crippen LogP contribution in [0.1, 0.15) is 61.9 Å². The van der Waals surface area contributed by atoms with E-state index in [0.29, 0.717) is 18.4 Å². The van der Waals surface area contributed by atoms with Crippen LogP contribution in [0, 0.1) is 10.1 Å². The number of hydrogen-bond donors (Lipinski definition) is 1. The number of nitrogens with one attached hydrogen (secondary N) is 1. The third-order valence-corrected chi connectivity index (χ3v) is 4.46. The van der Waals surface area contributed by atoms with E-state index in [1.54, 1.807) is 0 Å². The normalized spacial score (nSPS) is 22.7. The third kappa shape index (κ3) is 1.97. The van der Waals surface area contributed by atoms with E-state index in [0.717, 1.165) is 32.1 Å². The summed E-state index contributed by atoms with van der Waals surface area (Å²) in [6, 6.07) is -0.994. The summed E-state index contributed by atoms with van der Waals surface area (Å²) in [5.74, 6) is 0. The molecular weight excluding hydrogens is 262 g/mol. The Morgan fingerprint density at radius 1 is 1.15 bits per heavy atom. The molecule has 0 aliphatic heterocycles. The van der Waals surface area contributed by atoms with Gasteiger partial charge in [-0.15, -0.1) is 0 Å². The van der Waals surface area contributed by atoms with Gasteiger partial charge in [0.2, 0.25) is 0 Å². The molecule has 1 aromatic rings. The van der Waals surface area contributed by atoms with Crippen molar-refractivity contribution in [2.75, 3.05) is 0 Å². The summed E-state index contributed by atoms with van der Waals surface area (Å²) < 4.78 is 1.29. The highest BCUT2D eigenvalue weighted by Gasteiger charge is 2.36. The molecule has 1 heterocycles. The Morgan fingerprint density at radius 3 is 2.50 bits per heavy atom. The van der Waals surface area contributed by atoms with Gasteiger partial charge in [-0.25, -0.2) is 4.79 Å². The molecule has 0 spiro atoms. The molecule has 1 unspecified atom stereocenters. The van der Waals surface area contributed by atoms with Crippen LogP contribution in [-0.4, -0.2) is 14.5 Å². The van der Waals surface area contributed by atoms with Crippen molar-refractivity contribution in [2.45, 2.75) is 57.0 Å². The van der Waals surface area contributed by atoms with E-state index in [4.69, 9.17) is 0 Å². The Bertz CT molecular complexity index is 655. The second-order valence-corrected chi connectivity index (χ2v) is 5.63. The molecule has 1 fully saturated rings. The molecule has 1 atom stereocenters. The van der Waals surface area contributed by atoms with Crippen LogP contribution >= 0.6 is 0 Å². The van der Waals surface area contributed by atoms with Gasteiger partial charge in [0.1, 0.15) is 5.69 Å². The number of fused-ring (bicyclic) bond motifs is 1. The average molecular weight is 279 g/mol. The molecule has 20 heavy (non-hydrogen) atoms. The van der Waals surface area contributed by atoms with Crippen molar-refractivity contribution < 1.29 is 4.92 Å². The maximum absolute atomic E-state index is 12.5. The number of nitrogens with zero attached hydrogens (tertiary/aromatic N) is 2. The minimum atomic E-state index is -0.939. The molecule has 1 aromatic heterocycles. The Balaban J connectivity index is 2.09. The van der Waals surface area contributed by atoms with E-state index < -0.39 is 16.7 Å². The van der Waals surface area contributed by atoms with Gasteiger partial charge in [-0.1, -0.05) is 19.3 Å². The summed E-state index contributed by atoms with van der Waals surface area (Å²) in [5.41, 5.74) is -0.164. The van der Waals surface area contributed by atoms with Crippen LogP contribution in [0.2, 0.25) is 0 Å². The van der Waals surface area contributed by atoms with Gasteiger partial charge in [0.15, 0.2) is 0 Å². The number of rotatable bonds is 2. The molecule has 0 radical (unpaired) electrons. The van der Waals surface area contributed by atoms with Crippen molar-refractivity contribution in [3.8, 4) is 0 Å². The van der Waals surface area contributed by atoms with Crippen LogP contribution in [-0.2, 0) is 6.42 Å². The monoisotopic (exact) mass is 279 g/mol. The summed E-state index contributed by atoms with van der Waals surface area (Å²) >= 11 is 0. The quantitative estimate of drug-likeness (QED) is 0.651. The Kier molecular flexibility index (Phi) is 3.19. The highest BCUT2D eigenvalue weighted by atomic mass is 16.6. The van der Waals surface area contributed by atoms with Crippen molar-refractivity contribution >= 4 is 0 Å². The lowest BCUT2D eigenvalue weighted by Gasteiger charge is -2.23. The molecule has 0 aromatic carbocycles. The highest BCUT2D eigenvalue weighted by molar-refractivity contribution is 5.24. The number of aromatic amines is 1. The van der Waals surface area contributed by atoms with E-state index >= 15 is 0 Å². The van der Waals surface area contributed by atoms with Crippen molar-refractivity contribution in [1.82, 2.24) is 9.55 Å². The fraction of sp³-hybridized carbons (Fsp3) is 0.692. The molecule has 0 bridgehead atoms. The summed E-state index contributed by atoms with van der Waals surface area (Å²) in [5, 5.41) is 10.9. The Hall–Kier alpha value is -1.92. The maximum Gasteiger partial charge on any atom is 0.329 e. The predicted octanol–water partition coefficient (Wildman–Crippen LogP) is 1.31. The maximum atomic E-state index is 12.5. The number of H-pyrrole nitrogens is 1. The summed E-state index contributed by atoms with van der Waals surface area (Å²) in [7, 11) is 0. The zero-order chi connectivity index (χ0) is 14.3. The van der Waals surface area contributed by atoms with E-state index in [1.165, 1.54) is 4.57 Å². The SMILES string of the molecule is O=c1[nH]c2c(c(=O)n1C1CCCCC1)CCC2[N+](=O)[O-]. The molecule has 2 aliphatic rings. The second-order valence-electron chi connectivity index (χ2n) is 5.63. The zero-order valence-corrected chi connectivity index (χ0v) is 11.1. The van der Waals surface area contributed by atoms with Crippen molar-refractivity contribution in [3.05, 3.63) is 42.2 Å². The minimum absolute atomic E-state index is 0.0556. The standard InChI is InChI=1S/C13H17N3O4/c17-12-9-6-7-10(16(19)20)11(9)14-13(18)15(12)8-4-2-1-3-5-8/h8,10H,1-7H2,(H,14,18).